The lowest BCUT2D eigenvalue weighted by molar-refractivity contribution is 1.41. The summed E-state index contributed by atoms with van der Waals surface area (Å²) in [6, 6.07) is 8.19. The van der Waals surface area contributed by atoms with Gasteiger partial charge in [0.1, 0.15) is 0 Å². The molecule has 1 radical (unpaired) electrons. The first-order chi connectivity index (χ1) is 4.88. The number of hydrogen-bond acceptors (Lipinski definition) is 0. The zero-order chi connectivity index (χ0) is 7.40. The molecule has 0 N–H and O–H groups in total. The van der Waals surface area contributed by atoms with Crippen molar-refractivity contribution in [2.24, 2.45) is 0 Å². The van der Waals surface area contributed by atoms with E-state index in [0.29, 0.717) is 0 Å². The Morgan fingerprint density at radius 1 is 1.20 bits per heavy atom. The lowest BCUT2D eigenvalue weighted by atomic mass is 10.1. The summed E-state index contributed by atoms with van der Waals surface area (Å²) in [5.74, 6) is 0. The smallest absolute Gasteiger partial charge is 0.0118 e. The van der Waals surface area contributed by atoms with Crippen LogP contribution in [-0.4, -0.2) is 0 Å². The van der Waals surface area contributed by atoms with Crippen LogP contribution in [0.5, 0.6) is 0 Å². The maximum absolute atomic E-state index is 3.72. The summed E-state index contributed by atoms with van der Waals surface area (Å²) in [5.41, 5.74) is 2.45. The van der Waals surface area contributed by atoms with Gasteiger partial charge in [-0.1, -0.05) is 43.8 Å². The van der Waals surface area contributed by atoms with E-state index in [9.17, 15) is 0 Å². The summed E-state index contributed by atoms with van der Waals surface area (Å²) < 4.78 is 0. The molecule has 0 aliphatic heterocycles. The molecule has 0 amide bonds. The molecular weight excluding hydrogens is 120 g/mol. The molecule has 0 nitrogen and oxygen atoms in total. The van der Waals surface area contributed by atoms with Crippen molar-refractivity contribution in [2.75, 3.05) is 0 Å². The molecule has 0 spiro atoms. The largest absolute Gasteiger partial charge is 0.0985 e. The lowest BCUT2D eigenvalue weighted by Gasteiger charge is -1.99. The minimum Gasteiger partial charge on any atom is -0.0985 e. The van der Waals surface area contributed by atoms with Gasteiger partial charge in [-0.2, -0.15) is 0 Å². The van der Waals surface area contributed by atoms with Gasteiger partial charge < -0.3 is 0 Å². The molecule has 0 heterocycles. The maximum atomic E-state index is 3.72. The van der Waals surface area contributed by atoms with Gasteiger partial charge in [0.25, 0.3) is 0 Å². The van der Waals surface area contributed by atoms with Gasteiger partial charge in [-0.15, -0.1) is 0 Å². The van der Waals surface area contributed by atoms with Gasteiger partial charge in [0.2, 0.25) is 0 Å². The van der Waals surface area contributed by atoms with E-state index in [1.54, 1.807) is 0 Å². The SMILES string of the molecule is C=Cc1ccccc1[CH]C. The fraction of sp³-hybridized carbons (Fsp3) is 0.100. The topological polar surface area (TPSA) is 0 Å². The third-order valence-electron chi connectivity index (χ3n) is 1.53. The molecule has 1 aromatic rings. The van der Waals surface area contributed by atoms with Crippen molar-refractivity contribution >= 4 is 6.08 Å². The van der Waals surface area contributed by atoms with Gasteiger partial charge in [-0.05, 0) is 17.5 Å². The quantitative estimate of drug-likeness (QED) is 0.579. The normalized spacial score (nSPS) is 9.30. The number of hydrogen-bond donors (Lipinski definition) is 0. The molecule has 1 aromatic carbocycles. The summed E-state index contributed by atoms with van der Waals surface area (Å²) in [6.07, 6.45) is 3.95. The molecule has 0 atom stereocenters. The van der Waals surface area contributed by atoms with Crippen molar-refractivity contribution in [2.45, 2.75) is 6.92 Å². The van der Waals surface area contributed by atoms with E-state index in [-0.39, 0.29) is 0 Å². The molecule has 0 saturated heterocycles. The van der Waals surface area contributed by atoms with E-state index in [1.165, 1.54) is 11.1 Å². The minimum absolute atomic E-state index is 1.20. The average molecular weight is 131 g/mol. The first-order valence-corrected chi connectivity index (χ1v) is 3.39. The zero-order valence-electron chi connectivity index (χ0n) is 6.17. The predicted molar refractivity (Wildman–Crippen MR) is 45.6 cm³/mol. The Hall–Kier alpha value is -1.04. The van der Waals surface area contributed by atoms with Gasteiger partial charge in [-0.25, -0.2) is 0 Å². The predicted octanol–water partition coefficient (Wildman–Crippen LogP) is 2.90. The van der Waals surface area contributed by atoms with Gasteiger partial charge in [0.15, 0.2) is 0 Å². The highest BCUT2D eigenvalue weighted by molar-refractivity contribution is 5.53. The second-order valence-electron chi connectivity index (χ2n) is 2.12. The Morgan fingerprint density at radius 2 is 1.80 bits per heavy atom. The molecule has 0 bridgehead atoms. The van der Waals surface area contributed by atoms with E-state index >= 15 is 0 Å². The Balaban J connectivity index is 3.08. The molecule has 0 fully saturated rings. The third kappa shape index (κ3) is 1.27. The fourth-order valence-electron chi connectivity index (χ4n) is 0.960. The van der Waals surface area contributed by atoms with E-state index in [2.05, 4.69) is 25.1 Å². The Labute approximate surface area is 62.2 Å². The summed E-state index contributed by atoms with van der Waals surface area (Å²) in [6.45, 7) is 5.75. The van der Waals surface area contributed by atoms with Crippen LogP contribution in [0, 0.1) is 6.42 Å². The van der Waals surface area contributed by atoms with Crippen molar-refractivity contribution in [3.8, 4) is 0 Å². The summed E-state index contributed by atoms with van der Waals surface area (Å²) in [4.78, 5) is 0. The maximum Gasteiger partial charge on any atom is -0.0118 e. The third-order valence-corrected chi connectivity index (χ3v) is 1.53. The molecule has 0 aliphatic carbocycles. The molecule has 0 aromatic heterocycles. The minimum atomic E-state index is 1.20. The highest BCUT2D eigenvalue weighted by atomic mass is 14.0. The van der Waals surface area contributed by atoms with Gasteiger partial charge >= 0.3 is 0 Å². The van der Waals surface area contributed by atoms with Crippen LogP contribution in [0.2, 0.25) is 0 Å². The standard InChI is InChI=1S/C10H11/c1-3-9-7-5-6-8-10(9)4-2/h3-8H,1H2,2H3. The summed E-state index contributed by atoms with van der Waals surface area (Å²) >= 11 is 0. The van der Waals surface area contributed by atoms with Crippen LogP contribution in [0.25, 0.3) is 6.08 Å². The Morgan fingerprint density at radius 3 is 2.20 bits per heavy atom. The Bertz CT molecular complexity index is 223. The highest BCUT2D eigenvalue weighted by Crippen LogP contribution is 2.10. The van der Waals surface area contributed by atoms with Crippen molar-refractivity contribution in [3.05, 3.63) is 48.4 Å². The van der Waals surface area contributed by atoms with Crippen LogP contribution in [0.15, 0.2) is 30.8 Å². The summed E-state index contributed by atoms with van der Waals surface area (Å²) in [7, 11) is 0. The van der Waals surface area contributed by atoms with Gasteiger partial charge in [0.05, 0.1) is 0 Å². The number of rotatable bonds is 2. The van der Waals surface area contributed by atoms with Crippen LogP contribution in [0.3, 0.4) is 0 Å². The summed E-state index contributed by atoms with van der Waals surface area (Å²) in [5, 5.41) is 0. The molecule has 0 saturated carbocycles. The van der Waals surface area contributed by atoms with Crippen molar-refractivity contribution in [1.82, 2.24) is 0 Å². The van der Waals surface area contributed by atoms with E-state index in [4.69, 9.17) is 0 Å². The zero-order valence-corrected chi connectivity index (χ0v) is 6.17. The second-order valence-corrected chi connectivity index (χ2v) is 2.12. The molecule has 0 aliphatic rings. The molecule has 10 heavy (non-hydrogen) atoms. The van der Waals surface area contributed by atoms with E-state index in [1.807, 2.05) is 25.1 Å². The van der Waals surface area contributed by atoms with Crippen LogP contribution in [0.4, 0.5) is 0 Å². The first-order valence-electron chi connectivity index (χ1n) is 3.39. The molecule has 0 unspecified atom stereocenters. The second kappa shape index (κ2) is 3.21. The van der Waals surface area contributed by atoms with Gasteiger partial charge in [-0.3, -0.25) is 0 Å². The van der Waals surface area contributed by atoms with Crippen LogP contribution in [-0.2, 0) is 0 Å². The van der Waals surface area contributed by atoms with Gasteiger partial charge in [0, 0.05) is 0 Å². The molecule has 0 heteroatoms. The monoisotopic (exact) mass is 131 g/mol. The molecular formula is C10H11. The Kier molecular flexibility index (Phi) is 2.27. The number of benzene rings is 1. The van der Waals surface area contributed by atoms with E-state index < -0.39 is 0 Å². The van der Waals surface area contributed by atoms with Crippen molar-refractivity contribution < 1.29 is 0 Å². The van der Waals surface area contributed by atoms with Crippen molar-refractivity contribution in [3.63, 3.8) is 0 Å². The highest BCUT2D eigenvalue weighted by Gasteiger charge is 1.92. The van der Waals surface area contributed by atoms with Crippen LogP contribution in [0.1, 0.15) is 18.1 Å². The first kappa shape index (κ1) is 7.07. The lowest BCUT2D eigenvalue weighted by Crippen LogP contribution is -1.80. The van der Waals surface area contributed by atoms with Crippen molar-refractivity contribution in [1.29, 1.82) is 0 Å². The molecule has 1 rings (SSSR count). The average Bonchev–Trinajstić information content (AvgIpc) is 2.04. The fourth-order valence-corrected chi connectivity index (χ4v) is 0.960. The molecule has 51 valence electrons. The van der Waals surface area contributed by atoms with Crippen LogP contribution < -0.4 is 0 Å². The van der Waals surface area contributed by atoms with Crippen LogP contribution >= 0.6 is 0 Å². The van der Waals surface area contributed by atoms with E-state index in [0.717, 1.165) is 0 Å².